The van der Waals surface area contributed by atoms with Crippen molar-refractivity contribution in [2.45, 2.75) is 26.4 Å². The van der Waals surface area contributed by atoms with E-state index in [1.807, 2.05) is 0 Å². The average molecular weight is 250 g/mol. The molecule has 1 atom stereocenters. The van der Waals surface area contributed by atoms with Gasteiger partial charge in [-0.3, -0.25) is 4.90 Å². The van der Waals surface area contributed by atoms with Crippen molar-refractivity contribution in [3.63, 3.8) is 0 Å². The average Bonchev–Trinajstić information content (AvgIpc) is 2.37. The summed E-state index contributed by atoms with van der Waals surface area (Å²) < 4.78 is 5.30. The summed E-state index contributed by atoms with van der Waals surface area (Å²) in [5.74, 6) is 0. The number of hydrogen-bond acceptors (Lipinski definition) is 3. The number of ether oxygens (including phenoxy) is 1. The number of nitrogens with zero attached hydrogens (tertiary/aromatic N) is 1. The fourth-order valence-corrected chi connectivity index (χ4v) is 1.96. The highest BCUT2D eigenvalue weighted by molar-refractivity contribution is 5.21. The van der Waals surface area contributed by atoms with Crippen LogP contribution in [0.2, 0.25) is 0 Å². The lowest BCUT2D eigenvalue weighted by Crippen LogP contribution is -2.42. The van der Waals surface area contributed by atoms with E-state index in [0.717, 1.165) is 26.2 Å². The van der Waals surface area contributed by atoms with Gasteiger partial charge < -0.3 is 10.1 Å². The zero-order chi connectivity index (χ0) is 13.4. The van der Waals surface area contributed by atoms with Gasteiger partial charge in [0.1, 0.15) is 0 Å². The normalized spacial score (nSPS) is 12.9. The molecule has 1 rings (SSSR count). The summed E-state index contributed by atoms with van der Waals surface area (Å²) in [5, 5.41) is 3.39. The Kier molecular flexibility index (Phi) is 6.94. The number of methoxy groups -OCH3 is 1. The lowest BCUT2D eigenvalue weighted by Gasteiger charge is -2.27. The maximum atomic E-state index is 5.30. The Morgan fingerprint density at radius 3 is 2.50 bits per heavy atom. The van der Waals surface area contributed by atoms with Crippen molar-refractivity contribution in [1.29, 1.82) is 0 Å². The highest BCUT2D eigenvalue weighted by Crippen LogP contribution is 2.08. The summed E-state index contributed by atoms with van der Waals surface area (Å²) in [4.78, 5) is 2.34. The topological polar surface area (TPSA) is 24.5 Å². The zero-order valence-electron chi connectivity index (χ0n) is 12.1. The molecule has 18 heavy (non-hydrogen) atoms. The summed E-state index contributed by atoms with van der Waals surface area (Å²) >= 11 is 0. The Balaban J connectivity index is 2.53. The van der Waals surface area contributed by atoms with Gasteiger partial charge in [-0.1, -0.05) is 36.8 Å². The monoisotopic (exact) mass is 250 g/mol. The first-order valence-electron chi connectivity index (χ1n) is 6.62. The Morgan fingerprint density at radius 1 is 1.28 bits per heavy atom. The molecule has 0 saturated heterocycles. The molecule has 1 aromatic rings. The zero-order valence-corrected chi connectivity index (χ0v) is 12.1. The molecule has 0 aromatic heterocycles. The molecule has 3 heteroatoms. The fraction of sp³-hybridized carbons (Fsp3) is 0.600. The molecule has 3 nitrogen and oxygen atoms in total. The van der Waals surface area contributed by atoms with Crippen molar-refractivity contribution in [3.05, 3.63) is 35.4 Å². The van der Waals surface area contributed by atoms with Crippen molar-refractivity contribution < 1.29 is 4.74 Å². The highest BCUT2D eigenvalue weighted by Gasteiger charge is 2.14. The van der Waals surface area contributed by atoms with E-state index < -0.39 is 0 Å². The van der Waals surface area contributed by atoms with Gasteiger partial charge in [-0.2, -0.15) is 0 Å². The van der Waals surface area contributed by atoms with Crippen LogP contribution in [0.1, 0.15) is 18.1 Å². The van der Waals surface area contributed by atoms with E-state index in [9.17, 15) is 0 Å². The number of aryl methyl sites for hydroxylation is 1. The predicted molar refractivity (Wildman–Crippen MR) is 76.9 cm³/mol. The second-order valence-corrected chi connectivity index (χ2v) is 4.82. The molecule has 0 radical (unpaired) electrons. The van der Waals surface area contributed by atoms with Gasteiger partial charge >= 0.3 is 0 Å². The minimum Gasteiger partial charge on any atom is -0.383 e. The molecular formula is C15H26N2O. The summed E-state index contributed by atoms with van der Waals surface area (Å²) in [6.45, 7) is 7.93. The molecule has 1 N–H and O–H groups in total. The van der Waals surface area contributed by atoms with Crippen molar-refractivity contribution in [1.82, 2.24) is 10.2 Å². The molecule has 0 aliphatic rings. The SMILES string of the molecule is CCNCC(COC)N(C)Cc1ccc(C)cc1. The van der Waals surface area contributed by atoms with Crippen LogP contribution in [0.4, 0.5) is 0 Å². The van der Waals surface area contributed by atoms with Gasteiger partial charge in [-0.15, -0.1) is 0 Å². The van der Waals surface area contributed by atoms with Crippen LogP contribution in [0.5, 0.6) is 0 Å². The molecule has 0 fully saturated rings. The van der Waals surface area contributed by atoms with Crippen LogP contribution < -0.4 is 5.32 Å². The van der Waals surface area contributed by atoms with Gasteiger partial charge in [0.25, 0.3) is 0 Å². The number of nitrogens with one attached hydrogen (secondary N) is 1. The number of likely N-dealkylation sites (N-methyl/N-ethyl adjacent to an activating group) is 2. The molecule has 0 bridgehead atoms. The lowest BCUT2D eigenvalue weighted by atomic mass is 10.1. The Hall–Kier alpha value is -0.900. The Morgan fingerprint density at radius 2 is 1.94 bits per heavy atom. The van der Waals surface area contributed by atoms with Crippen LogP contribution in [-0.4, -0.2) is 44.8 Å². The summed E-state index contributed by atoms with van der Waals surface area (Å²) in [5.41, 5.74) is 2.66. The van der Waals surface area contributed by atoms with Crippen molar-refractivity contribution in [2.75, 3.05) is 33.9 Å². The predicted octanol–water partition coefficient (Wildman–Crippen LogP) is 2.05. The van der Waals surface area contributed by atoms with E-state index in [0.29, 0.717) is 6.04 Å². The largest absolute Gasteiger partial charge is 0.383 e. The van der Waals surface area contributed by atoms with Crippen LogP contribution in [0, 0.1) is 6.92 Å². The lowest BCUT2D eigenvalue weighted by molar-refractivity contribution is 0.102. The highest BCUT2D eigenvalue weighted by atomic mass is 16.5. The minimum absolute atomic E-state index is 0.413. The van der Waals surface area contributed by atoms with E-state index in [-0.39, 0.29) is 0 Å². The quantitative estimate of drug-likeness (QED) is 0.764. The van der Waals surface area contributed by atoms with Gasteiger partial charge in [0, 0.05) is 26.2 Å². The van der Waals surface area contributed by atoms with Gasteiger partial charge in [0.2, 0.25) is 0 Å². The summed E-state index contributed by atoms with van der Waals surface area (Å²) in [7, 11) is 3.92. The standard InChI is InChI=1S/C15H26N2O/c1-5-16-10-15(12-18-4)17(3)11-14-8-6-13(2)7-9-14/h6-9,15-16H,5,10-12H2,1-4H3. The van der Waals surface area contributed by atoms with Crippen LogP contribution in [-0.2, 0) is 11.3 Å². The number of benzene rings is 1. The van der Waals surface area contributed by atoms with Crippen molar-refractivity contribution >= 4 is 0 Å². The van der Waals surface area contributed by atoms with E-state index in [2.05, 4.69) is 55.4 Å². The van der Waals surface area contributed by atoms with E-state index in [1.165, 1.54) is 11.1 Å². The molecule has 0 aliphatic carbocycles. The van der Waals surface area contributed by atoms with E-state index in [4.69, 9.17) is 4.74 Å². The van der Waals surface area contributed by atoms with Crippen molar-refractivity contribution in [2.24, 2.45) is 0 Å². The molecule has 102 valence electrons. The maximum Gasteiger partial charge on any atom is 0.0630 e. The molecule has 1 aromatic carbocycles. The fourth-order valence-electron chi connectivity index (χ4n) is 1.96. The summed E-state index contributed by atoms with van der Waals surface area (Å²) in [6.07, 6.45) is 0. The molecule has 0 amide bonds. The van der Waals surface area contributed by atoms with Gasteiger partial charge in [0.05, 0.1) is 6.61 Å². The number of hydrogen-bond donors (Lipinski definition) is 1. The van der Waals surface area contributed by atoms with Crippen molar-refractivity contribution in [3.8, 4) is 0 Å². The van der Waals surface area contributed by atoms with Crippen LogP contribution >= 0.6 is 0 Å². The third-order valence-corrected chi connectivity index (χ3v) is 3.16. The molecule has 1 unspecified atom stereocenters. The number of rotatable bonds is 8. The van der Waals surface area contributed by atoms with Crippen LogP contribution in [0.3, 0.4) is 0 Å². The maximum absolute atomic E-state index is 5.30. The van der Waals surface area contributed by atoms with Crippen LogP contribution in [0.15, 0.2) is 24.3 Å². The minimum atomic E-state index is 0.413. The first-order valence-corrected chi connectivity index (χ1v) is 6.62. The first-order chi connectivity index (χ1) is 8.67. The first kappa shape index (κ1) is 15.2. The molecule has 0 aliphatic heterocycles. The summed E-state index contributed by atoms with van der Waals surface area (Å²) in [6, 6.07) is 9.14. The van der Waals surface area contributed by atoms with Gasteiger partial charge in [-0.05, 0) is 26.1 Å². The molecule has 0 heterocycles. The molecule has 0 saturated carbocycles. The Bertz CT molecular complexity index is 324. The molecule has 0 spiro atoms. The second-order valence-electron chi connectivity index (χ2n) is 4.82. The second kappa shape index (κ2) is 8.25. The Labute approximate surface area is 111 Å². The van der Waals surface area contributed by atoms with Crippen LogP contribution in [0.25, 0.3) is 0 Å². The van der Waals surface area contributed by atoms with Gasteiger partial charge in [-0.25, -0.2) is 0 Å². The smallest absolute Gasteiger partial charge is 0.0630 e. The van der Waals surface area contributed by atoms with E-state index in [1.54, 1.807) is 7.11 Å². The third-order valence-electron chi connectivity index (χ3n) is 3.16. The van der Waals surface area contributed by atoms with E-state index >= 15 is 0 Å². The van der Waals surface area contributed by atoms with Gasteiger partial charge in [0.15, 0.2) is 0 Å². The molecular weight excluding hydrogens is 224 g/mol. The third kappa shape index (κ3) is 5.17.